The van der Waals surface area contributed by atoms with Gasteiger partial charge >= 0.3 is 0 Å². The lowest BCUT2D eigenvalue weighted by atomic mass is 10.2. The molecule has 0 radical (unpaired) electrons. The van der Waals surface area contributed by atoms with E-state index in [1.807, 2.05) is 6.92 Å². The summed E-state index contributed by atoms with van der Waals surface area (Å²) in [5, 5.41) is 10.3. The van der Waals surface area contributed by atoms with Crippen LogP contribution in [0.4, 0.5) is 5.13 Å². The van der Waals surface area contributed by atoms with Crippen molar-refractivity contribution in [3.63, 3.8) is 0 Å². The normalized spacial score (nSPS) is 11.2. The Morgan fingerprint density at radius 1 is 1.35 bits per heavy atom. The molecular formula is C13H24N2OS. The smallest absolute Gasteiger partial charge is 0.186 e. The maximum absolute atomic E-state index is 9.22. The number of hydrogen-bond donors (Lipinski definition) is 1. The highest BCUT2D eigenvalue weighted by atomic mass is 32.1. The first-order valence-electron chi connectivity index (χ1n) is 6.44. The molecular weight excluding hydrogens is 232 g/mol. The summed E-state index contributed by atoms with van der Waals surface area (Å²) in [5.74, 6) is 0. The van der Waals surface area contributed by atoms with Crippen LogP contribution in [0.1, 0.15) is 50.6 Å². The number of hydrogen-bond acceptors (Lipinski definition) is 4. The van der Waals surface area contributed by atoms with Gasteiger partial charge in [0, 0.05) is 12.6 Å². The Bertz CT molecular complexity index is 336. The summed E-state index contributed by atoms with van der Waals surface area (Å²) < 4.78 is 0. The van der Waals surface area contributed by atoms with Gasteiger partial charge in [-0.05, 0) is 27.2 Å². The molecule has 0 aliphatic rings. The van der Waals surface area contributed by atoms with Gasteiger partial charge in [0.05, 0.1) is 17.2 Å². The van der Waals surface area contributed by atoms with Crippen molar-refractivity contribution >= 4 is 16.5 Å². The van der Waals surface area contributed by atoms with Gasteiger partial charge in [0.1, 0.15) is 0 Å². The zero-order chi connectivity index (χ0) is 12.8. The second-order valence-electron chi connectivity index (χ2n) is 4.66. The first-order valence-corrected chi connectivity index (χ1v) is 7.25. The van der Waals surface area contributed by atoms with Gasteiger partial charge in [0.15, 0.2) is 5.13 Å². The number of nitrogens with zero attached hydrogens (tertiary/aromatic N) is 2. The van der Waals surface area contributed by atoms with Gasteiger partial charge in [-0.25, -0.2) is 4.98 Å². The fourth-order valence-corrected chi connectivity index (χ4v) is 2.87. The predicted octanol–water partition coefficient (Wildman–Crippen LogP) is 3.35. The van der Waals surface area contributed by atoms with Crippen LogP contribution >= 0.6 is 11.3 Å². The molecule has 1 N–H and O–H groups in total. The third-order valence-electron chi connectivity index (χ3n) is 2.90. The topological polar surface area (TPSA) is 36.4 Å². The number of aromatic nitrogens is 1. The van der Waals surface area contributed by atoms with Gasteiger partial charge in [-0.15, -0.1) is 0 Å². The minimum absolute atomic E-state index is 0.102. The molecule has 17 heavy (non-hydrogen) atoms. The summed E-state index contributed by atoms with van der Waals surface area (Å²) in [6.45, 7) is 9.74. The molecule has 0 saturated heterocycles. The Morgan fingerprint density at radius 3 is 2.53 bits per heavy atom. The minimum Gasteiger partial charge on any atom is -0.391 e. The van der Waals surface area contributed by atoms with Gasteiger partial charge in [-0.2, -0.15) is 0 Å². The van der Waals surface area contributed by atoms with Crippen molar-refractivity contribution < 1.29 is 5.11 Å². The standard InChI is InChI=1S/C13H24N2OS/c1-5-6-7-8-15(10(2)3)13-14-11(4)12(9-16)17-13/h10,16H,5-9H2,1-4H3. The van der Waals surface area contributed by atoms with Crippen molar-refractivity contribution in [3.8, 4) is 0 Å². The average molecular weight is 256 g/mol. The summed E-state index contributed by atoms with van der Waals surface area (Å²) in [4.78, 5) is 7.89. The van der Waals surface area contributed by atoms with Crippen molar-refractivity contribution in [2.24, 2.45) is 0 Å². The fraction of sp³-hybridized carbons (Fsp3) is 0.769. The van der Waals surface area contributed by atoms with Crippen LogP contribution in [0.5, 0.6) is 0 Å². The van der Waals surface area contributed by atoms with E-state index in [-0.39, 0.29) is 6.61 Å². The molecule has 1 aromatic heterocycles. The Morgan fingerprint density at radius 2 is 2.06 bits per heavy atom. The van der Waals surface area contributed by atoms with Gasteiger partial charge in [0.25, 0.3) is 0 Å². The molecule has 0 amide bonds. The van der Waals surface area contributed by atoms with E-state index < -0.39 is 0 Å². The van der Waals surface area contributed by atoms with Crippen LogP contribution in [0.2, 0.25) is 0 Å². The molecule has 0 bridgehead atoms. The third kappa shape index (κ3) is 3.96. The predicted molar refractivity (Wildman–Crippen MR) is 74.8 cm³/mol. The number of rotatable bonds is 7. The van der Waals surface area contributed by atoms with Gasteiger partial charge in [-0.3, -0.25) is 0 Å². The maximum atomic E-state index is 9.22. The van der Waals surface area contributed by atoms with Crippen molar-refractivity contribution in [3.05, 3.63) is 10.6 Å². The van der Waals surface area contributed by atoms with Crippen LogP contribution in [0.3, 0.4) is 0 Å². The van der Waals surface area contributed by atoms with E-state index in [0.29, 0.717) is 6.04 Å². The van der Waals surface area contributed by atoms with Crippen LogP contribution < -0.4 is 4.90 Å². The van der Waals surface area contributed by atoms with Crippen molar-refractivity contribution in [1.82, 2.24) is 4.98 Å². The molecule has 1 rings (SSSR count). The largest absolute Gasteiger partial charge is 0.391 e. The van der Waals surface area contributed by atoms with Gasteiger partial charge in [-0.1, -0.05) is 31.1 Å². The quantitative estimate of drug-likeness (QED) is 0.760. The third-order valence-corrected chi connectivity index (χ3v) is 4.08. The molecule has 0 aliphatic heterocycles. The zero-order valence-corrected chi connectivity index (χ0v) is 12.2. The lowest BCUT2D eigenvalue weighted by molar-refractivity contribution is 0.284. The van der Waals surface area contributed by atoms with E-state index in [2.05, 4.69) is 30.7 Å². The monoisotopic (exact) mass is 256 g/mol. The van der Waals surface area contributed by atoms with Crippen LogP contribution in [-0.2, 0) is 6.61 Å². The molecule has 0 spiro atoms. The van der Waals surface area contributed by atoms with E-state index in [1.54, 1.807) is 11.3 Å². The van der Waals surface area contributed by atoms with Crippen LogP contribution in [0.15, 0.2) is 0 Å². The molecule has 98 valence electrons. The summed E-state index contributed by atoms with van der Waals surface area (Å²) in [6.07, 6.45) is 3.72. The number of aliphatic hydroxyl groups is 1. The van der Waals surface area contributed by atoms with E-state index >= 15 is 0 Å². The average Bonchev–Trinajstić information content (AvgIpc) is 2.65. The summed E-state index contributed by atoms with van der Waals surface area (Å²) >= 11 is 1.62. The van der Waals surface area contributed by atoms with E-state index in [9.17, 15) is 5.11 Å². The molecule has 4 heteroatoms. The molecule has 0 atom stereocenters. The molecule has 0 aliphatic carbocycles. The van der Waals surface area contributed by atoms with E-state index in [0.717, 1.165) is 22.2 Å². The lowest BCUT2D eigenvalue weighted by Gasteiger charge is -2.26. The molecule has 0 fully saturated rings. The van der Waals surface area contributed by atoms with Crippen molar-refractivity contribution in [1.29, 1.82) is 0 Å². The van der Waals surface area contributed by atoms with Crippen LogP contribution in [-0.4, -0.2) is 22.7 Å². The zero-order valence-electron chi connectivity index (χ0n) is 11.4. The van der Waals surface area contributed by atoms with E-state index in [4.69, 9.17) is 0 Å². The Kier molecular flexibility index (Phi) is 5.92. The molecule has 1 heterocycles. The SMILES string of the molecule is CCCCCN(c1nc(C)c(CO)s1)C(C)C. The molecule has 0 saturated carbocycles. The van der Waals surface area contributed by atoms with Crippen molar-refractivity contribution in [2.45, 2.75) is 59.6 Å². The first-order chi connectivity index (χ1) is 8.10. The highest BCUT2D eigenvalue weighted by molar-refractivity contribution is 7.15. The molecule has 0 aromatic carbocycles. The summed E-state index contributed by atoms with van der Waals surface area (Å²) in [7, 11) is 0. The number of unbranched alkanes of at least 4 members (excludes halogenated alkanes) is 2. The van der Waals surface area contributed by atoms with Crippen LogP contribution in [0.25, 0.3) is 0 Å². The summed E-state index contributed by atoms with van der Waals surface area (Å²) in [5.41, 5.74) is 0.966. The number of aliphatic hydroxyl groups excluding tert-OH is 1. The molecule has 3 nitrogen and oxygen atoms in total. The lowest BCUT2D eigenvalue weighted by Crippen LogP contribution is -2.31. The number of aryl methyl sites for hydroxylation is 1. The van der Waals surface area contributed by atoms with E-state index in [1.165, 1.54) is 19.3 Å². The highest BCUT2D eigenvalue weighted by Gasteiger charge is 2.16. The van der Waals surface area contributed by atoms with Crippen molar-refractivity contribution in [2.75, 3.05) is 11.4 Å². The fourth-order valence-electron chi connectivity index (χ4n) is 1.79. The second kappa shape index (κ2) is 6.97. The molecule has 0 unspecified atom stereocenters. The number of anilines is 1. The maximum Gasteiger partial charge on any atom is 0.186 e. The highest BCUT2D eigenvalue weighted by Crippen LogP contribution is 2.27. The van der Waals surface area contributed by atoms with Crippen LogP contribution in [0, 0.1) is 6.92 Å². The van der Waals surface area contributed by atoms with Gasteiger partial charge in [0.2, 0.25) is 0 Å². The second-order valence-corrected chi connectivity index (χ2v) is 5.72. The molecule has 1 aromatic rings. The minimum atomic E-state index is 0.102. The Labute approximate surface area is 108 Å². The number of thiazole rings is 1. The first kappa shape index (κ1) is 14.5. The Balaban J connectivity index is 2.74. The Hall–Kier alpha value is -0.610. The summed E-state index contributed by atoms with van der Waals surface area (Å²) in [6, 6.07) is 0.462. The van der Waals surface area contributed by atoms with Gasteiger partial charge < -0.3 is 10.0 Å².